The van der Waals surface area contributed by atoms with Gasteiger partial charge in [-0.1, -0.05) is 41.8 Å². The second kappa shape index (κ2) is 4.07. The van der Waals surface area contributed by atoms with Gasteiger partial charge in [-0.15, -0.1) is 24.8 Å². The van der Waals surface area contributed by atoms with Crippen molar-refractivity contribution in [3.63, 3.8) is 0 Å². The van der Waals surface area contributed by atoms with E-state index in [1.165, 1.54) is 0 Å². The van der Waals surface area contributed by atoms with Gasteiger partial charge in [0.15, 0.2) is 0 Å². The molecule has 0 nitrogen and oxygen atoms in total. The summed E-state index contributed by atoms with van der Waals surface area (Å²) in [5.41, 5.74) is 13.6. The fourth-order valence-corrected chi connectivity index (χ4v) is 3.23. The molecule has 0 atom stereocenters. The van der Waals surface area contributed by atoms with E-state index < -0.39 is 16.1 Å². The predicted molar refractivity (Wildman–Crippen MR) is 63.4 cm³/mol. The first-order valence-corrected chi connectivity index (χ1v) is 9.37. The first-order valence-electron chi connectivity index (χ1n) is 3.87. The second-order valence-electron chi connectivity index (χ2n) is 3.68. The maximum Gasteiger partial charge on any atom is 0.368 e. The lowest BCUT2D eigenvalue weighted by atomic mass is 11.3. The third-order valence-corrected chi connectivity index (χ3v) is 4.20. The summed E-state index contributed by atoms with van der Waals surface area (Å²) >= 11 is 0. The normalized spacial score (nSPS) is 9.85. The number of hydrogen-bond acceptors (Lipinski definition) is 0. The van der Waals surface area contributed by atoms with Crippen molar-refractivity contribution < 1.29 is 0 Å². The molecule has 0 spiro atoms. The molecule has 0 bridgehead atoms. The van der Waals surface area contributed by atoms with Crippen LogP contribution in [0.2, 0.25) is 19.6 Å². The molecule has 0 heterocycles. The van der Waals surface area contributed by atoms with E-state index in [-0.39, 0.29) is 0 Å². The van der Waals surface area contributed by atoms with E-state index in [2.05, 4.69) is 47.4 Å². The van der Waals surface area contributed by atoms with Gasteiger partial charge in [-0.2, -0.15) is 0 Å². The van der Waals surface area contributed by atoms with Crippen molar-refractivity contribution in [2.75, 3.05) is 0 Å². The van der Waals surface area contributed by atoms with Crippen LogP contribution < -0.4 is 0 Å². The number of rotatable bonds is 0. The quantitative estimate of drug-likeness (QED) is 0.409. The van der Waals surface area contributed by atoms with E-state index in [9.17, 15) is 0 Å². The van der Waals surface area contributed by atoms with Gasteiger partial charge in [0.05, 0.1) is 0 Å². The molecule has 64 valence electrons. The molecule has 0 amide bonds. The molecule has 0 rings (SSSR count). The highest BCUT2D eigenvalue weighted by Gasteiger charge is 2.24. The van der Waals surface area contributed by atoms with Crippen molar-refractivity contribution in [1.82, 2.24) is 0 Å². The van der Waals surface area contributed by atoms with Crippen molar-refractivity contribution in [3.8, 4) is 47.0 Å². The summed E-state index contributed by atoms with van der Waals surface area (Å²) in [5.74, 6) is 0. The monoisotopic (exact) mass is 200 g/mol. The Labute approximate surface area is 83.1 Å². The summed E-state index contributed by atoms with van der Waals surface area (Å²) in [6.07, 6.45) is 15.9. The van der Waals surface area contributed by atoms with Crippen LogP contribution in [0.5, 0.6) is 0 Å². The van der Waals surface area contributed by atoms with Crippen LogP contribution in [0.3, 0.4) is 0 Å². The zero-order valence-electron chi connectivity index (χ0n) is 8.23. The molecule has 2 heteroatoms. The van der Waals surface area contributed by atoms with Gasteiger partial charge < -0.3 is 0 Å². The van der Waals surface area contributed by atoms with Crippen molar-refractivity contribution in [1.29, 1.82) is 0 Å². The predicted octanol–water partition coefficient (Wildman–Crippen LogP) is 1.37. The standard InChI is InChI=1S/C11H12Si2/c1-7-13(8-2,9-3)11-10-12(4,5)6/h1-3H,4-6H3. The van der Waals surface area contributed by atoms with Crippen LogP contribution in [0.4, 0.5) is 0 Å². The highest BCUT2D eigenvalue weighted by molar-refractivity contribution is 7.07. The Morgan fingerprint density at radius 2 is 1.15 bits per heavy atom. The molecule has 0 saturated heterocycles. The highest BCUT2D eigenvalue weighted by atomic mass is 28.3. The van der Waals surface area contributed by atoms with Crippen molar-refractivity contribution >= 4 is 16.1 Å². The smallest absolute Gasteiger partial charge is 0.136 e. The van der Waals surface area contributed by atoms with Gasteiger partial charge in [0.2, 0.25) is 0 Å². The Morgan fingerprint density at radius 1 is 0.769 bits per heavy atom. The number of terminal acetylenes is 3. The topological polar surface area (TPSA) is 0 Å². The van der Waals surface area contributed by atoms with Crippen LogP contribution in [-0.2, 0) is 0 Å². The summed E-state index contributed by atoms with van der Waals surface area (Å²) in [6.45, 7) is 6.38. The Morgan fingerprint density at radius 3 is 1.38 bits per heavy atom. The minimum Gasteiger partial charge on any atom is -0.136 e. The van der Waals surface area contributed by atoms with Crippen molar-refractivity contribution in [3.05, 3.63) is 0 Å². The van der Waals surface area contributed by atoms with E-state index in [0.717, 1.165) is 0 Å². The van der Waals surface area contributed by atoms with Crippen LogP contribution in [0.1, 0.15) is 0 Å². The molecular formula is C11H12Si2. The fourth-order valence-electron chi connectivity index (χ4n) is 0.515. The van der Waals surface area contributed by atoms with E-state index in [4.69, 9.17) is 19.3 Å². The minimum absolute atomic E-state index is 1.43. The first-order chi connectivity index (χ1) is 5.89. The third kappa shape index (κ3) is 3.73. The molecule has 0 aromatic heterocycles. The molecule has 0 saturated carbocycles. The Kier molecular flexibility index (Phi) is 3.65. The van der Waals surface area contributed by atoms with E-state index in [1.54, 1.807) is 0 Å². The molecule has 0 radical (unpaired) electrons. The molecule has 0 aliphatic heterocycles. The van der Waals surface area contributed by atoms with E-state index in [0.29, 0.717) is 0 Å². The summed E-state index contributed by atoms with van der Waals surface area (Å²) in [5, 5.41) is 0. The fraction of sp³-hybridized carbons (Fsp3) is 0.273. The molecule has 0 aromatic rings. The molecule has 0 fully saturated rings. The summed E-state index contributed by atoms with van der Waals surface area (Å²) < 4.78 is 0. The first kappa shape index (κ1) is 11.7. The summed E-state index contributed by atoms with van der Waals surface area (Å²) in [7, 11) is -4.00. The van der Waals surface area contributed by atoms with Gasteiger partial charge in [0, 0.05) is 0 Å². The lowest BCUT2D eigenvalue weighted by molar-refractivity contribution is 1.81. The van der Waals surface area contributed by atoms with Crippen LogP contribution in [-0.4, -0.2) is 16.1 Å². The number of hydrogen-bond donors (Lipinski definition) is 0. The van der Waals surface area contributed by atoms with Gasteiger partial charge in [-0.25, -0.2) is 0 Å². The maximum atomic E-state index is 5.30. The second-order valence-corrected chi connectivity index (χ2v) is 11.0. The van der Waals surface area contributed by atoms with Gasteiger partial charge >= 0.3 is 8.07 Å². The third-order valence-electron chi connectivity index (χ3n) is 1.27. The minimum atomic E-state index is -2.57. The van der Waals surface area contributed by atoms with Crippen molar-refractivity contribution in [2.24, 2.45) is 0 Å². The van der Waals surface area contributed by atoms with Crippen LogP contribution >= 0.6 is 0 Å². The van der Waals surface area contributed by atoms with Gasteiger partial charge in [0.25, 0.3) is 0 Å². The zero-order chi connectivity index (χ0) is 10.5. The van der Waals surface area contributed by atoms with Crippen LogP contribution in [0.25, 0.3) is 0 Å². The molecular weight excluding hydrogens is 188 g/mol. The Hall–Kier alpha value is -1.33. The molecule has 0 N–H and O–H groups in total. The van der Waals surface area contributed by atoms with E-state index >= 15 is 0 Å². The molecule has 0 aliphatic carbocycles. The van der Waals surface area contributed by atoms with Crippen molar-refractivity contribution in [2.45, 2.75) is 19.6 Å². The summed E-state index contributed by atoms with van der Waals surface area (Å²) in [6, 6.07) is 0. The average Bonchev–Trinajstić information content (AvgIpc) is 2.06. The molecule has 0 aliphatic rings. The zero-order valence-corrected chi connectivity index (χ0v) is 10.2. The van der Waals surface area contributed by atoms with E-state index in [1.807, 2.05) is 0 Å². The van der Waals surface area contributed by atoms with Gasteiger partial charge in [-0.3, -0.25) is 0 Å². The van der Waals surface area contributed by atoms with Crippen LogP contribution in [0, 0.1) is 47.0 Å². The SMILES string of the molecule is C#C[Si](C#C)(C#C)C#C[Si](C)(C)C. The van der Waals surface area contributed by atoms with Gasteiger partial charge in [-0.05, 0) is 0 Å². The Balaban J connectivity index is 5.09. The average molecular weight is 200 g/mol. The van der Waals surface area contributed by atoms with Crippen LogP contribution in [0.15, 0.2) is 0 Å². The summed E-state index contributed by atoms with van der Waals surface area (Å²) in [4.78, 5) is 0. The highest BCUT2D eigenvalue weighted by Crippen LogP contribution is 2.00. The van der Waals surface area contributed by atoms with Gasteiger partial charge in [0.1, 0.15) is 8.07 Å². The lowest BCUT2D eigenvalue weighted by Crippen LogP contribution is -2.29. The Bertz CT molecular complexity index is 330. The largest absolute Gasteiger partial charge is 0.368 e. The molecule has 13 heavy (non-hydrogen) atoms. The molecule has 0 unspecified atom stereocenters. The lowest BCUT2D eigenvalue weighted by Gasteiger charge is -2.06. The maximum absolute atomic E-state index is 5.30. The molecule has 0 aromatic carbocycles.